The van der Waals surface area contributed by atoms with Crippen molar-refractivity contribution in [2.45, 2.75) is 24.8 Å². The van der Waals surface area contributed by atoms with Crippen molar-refractivity contribution in [3.63, 3.8) is 0 Å². The molecule has 0 heterocycles. The van der Waals surface area contributed by atoms with Crippen LogP contribution in [-0.4, -0.2) is 34.1 Å². The number of ether oxygens (including phenoxy) is 1. The fourth-order valence-corrected chi connectivity index (χ4v) is 2.82. The number of hydrogen-bond donors (Lipinski definition) is 1. The third-order valence-corrected chi connectivity index (χ3v) is 3.97. The largest absolute Gasteiger partial charge is 0.383 e. The summed E-state index contributed by atoms with van der Waals surface area (Å²) in [7, 11) is 2.99. The molecule has 7 heteroatoms. The van der Waals surface area contributed by atoms with Gasteiger partial charge in [-0.3, -0.25) is 4.79 Å². The lowest BCUT2D eigenvalue weighted by atomic mass is 10.1. The van der Waals surface area contributed by atoms with Crippen molar-refractivity contribution in [2.75, 3.05) is 13.7 Å². The molecule has 0 saturated heterocycles. The zero-order valence-electron chi connectivity index (χ0n) is 10.9. The molecule has 0 fully saturated rings. The van der Waals surface area contributed by atoms with Crippen molar-refractivity contribution in [1.29, 1.82) is 0 Å². The number of carbonyl (C=O) groups is 1. The molecule has 1 rings (SSSR count). The number of amides is 1. The highest BCUT2D eigenvalue weighted by molar-refractivity contribution is 8.13. The van der Waals surface area contributed by atoms with Gasteiger partial charge in [-0.15, -0.1) is 0 Å². The van der Waals surface area contributed by atoms with Crippen molar-refractivity contribution in [3.8, 4) is 0 Å². The van der Waals surface area contributed by atoms with Gasteiger partial charge in [0.1, 0.15) is 0 Å². The van der Waals surface area contributed by atoms with Crippen LogP contribution in [0.15, 0.2) is 23.1 Å². The number of halogens is 1. The minimum atomic E-state index is -3.86. The number of aryl methyl sites for hydroxylation is 1. The van der Waals surface area contributed by atoms with Gasteiger partial charge in [-0.1, -0.05) is 6.07 Å². The van der Waals surface area contributed by atoms with E-state index in [-0.39, 0.29) is 22.4 Å². The van der Waals surface area contributed by atoms with Crippen LogP contribution < -0.4 is 5.32 Å². The predicted molar refractivity (Wildman–Crippen MR) is 73.0 cm³/mol. The first-order valence-electron chi connectivity index (χ1n) is 5.61. The highest BCUT2D eigenvalue weighted by atomic mass is 35.7. The van der Waals surface area contributed by atoms with Gasteiger partial charge in [-0.25, -0.2) is 8.42 Å². The van der Waals surface area contributed by atoms with Gasteiger partial charge in [-0.2, -0.15) is 0 Å². The molecule has 1 amide bonds. The van der Waals surface area contributed by atoms with Gasteiger partial charge >= 0.3 is 0 Å². The van der Waals surface area contributed by atoms with Gasteiger partial charge in [-0.05, 0) is 31.5 Å². The molecule has 0 radical (unpaired) electrons. The van der Waals surface area contributed by atoms with Crippen LogP contribution in [0, 0.1) is 6.92 Å². The summed E-state index contributed by atoms with van der Waals surface area (Å²) < 4.78 is 27.6. The maximum atomic E-state index is 11.9. The van der Waals surface area contributed by atoms with E-state index in [0.29, 0.717) is 12.2 Å². The number of methoxy groups -OCH3 is 1. The van der Waals surface area contributed by atoms with E-state index in [2.05, 4.69) is 5.32 Å². The summed E-state index contributed by atoms with van der Waals surface area (Å²) in [6, 6.07) is 4.20. The Hall–Kier alpha value is -1.11. The summed E-state index contributed by atoms with van der Waals surface area (Å²) in [6.45, 7) is 3.78. The van der Waals surface area contributed by atoms with Crippen LogP contribution in [0.4, 0.5) is 0 Å². The molecule has 106 valence electrons. The molecule has 0 aliphatic carbocycles. The molecule has 0 spiro atoms. The number of benzene rings is 1. The Balaban J connectivity index is 3.00. The Morgan fingerprint density at radius 2 is 2.11 bits per heavy atom. The number of hydrogen-bond acceptors (Lipinski definition) is 4. The number of nitrogens with one attached hydrogen (secondary N) is 1. The predicted octanol–water partition coefficient (Wildman–Crippen LogP) is 1.69. The number of carbonyl (C=O) groups excluding carboxylic acids is 1. The molecule has 19 heavy (non-hydrogen) atoms. The maximum Gasteiger partial charge on any atom is 0.261 e. The van der Waals surface area contributed by atoms with Crippen LogP contribution in [0.25, 0.3) is 0 Å². The normalized spacial score (nSPS) is 13.1. The molecule has 0 bridgehead atoms. The molecule has 5 nitrogen and oxygen atoms in total. The van der Waals surface area contributed by atoms with Crippen LogP contribution in [0.5, 0.6) is 0 Å². The van der Waals surface area contributed by atoms with Crippen LogP contribution in [0.3, 0.4) is 0 Å². The topological polar surface area (TPSA) is 72.5 Å². The highest BCUT2D eigenvalue weighted by Gasteiger charge is 2.17. The Bertz CT molecular complexity index is 571. The minimum absolute atomic E-state index is 0.0544. The standard InChI is InChI=1S/C12H16ClNO4S/c1-8-4-5-10(6-11(8)19(13,16)17)12(15)14-9(2)7-18-3/h4-6,9H,7H2,1-3H3,(H,14,15). The lowest BCUT2D eigenvalue weighted by Crippen LogP contribution is -2.35. The van der Waals surface area contributed by atoms with E-state index >= 15 is 0 Å². The fourth-order valence-electron chi connectivity index (χ4n) is 1.60. The van der Waals surface area contributed by atoms with Gasteiger partial charge < -0.3 is 10.1 Å². The van der Waals surface area contributed by atoms with E-state index in [1.165, 1.54) is 13.2 Å². The van der Waals surface area contributed by atoms with Gasteiger partial charge in [0, 0.05) is 29.4 Å². The molecule has 1 unspecified atom stereocenters. The summed E-state index contributed by atoms with van der Waals surface area (Å²) in [5, 5.41) is 2.69. The van der Waals surface area contributed by atoms with E-state index in [0.717, 1.165) is 0 Å². The monoisotopic (exact) mass is 305 g/mol. The average Bonchev–Trinajstić information content (AvgIpc) is 2.27. The van der Waals surface area contributed by atoms with E-state index in [1.54, 1.807) is 26.0 Å². The zero-order valence-corrected chi connectivity index (χ0v) is 12.5. The lowest BCUT2D eigenvalue weighted by Gasteiger charge is -2.13. The first kappa shape index (κ1) is 15.9. The van der Waals surface area contributed by atoms with E-state index in [9.17, 15) is 13.2 Å². The summed E-state index contributed by atoms with van der Waals surface area (Å²) in [5.41, 5.74) is 0.740. The Morgan fingerprint density at radius 1 is 1.47 bits per heavy atom. The fraction of sp³-hybridized carbons (Fsp3) is 0.417. The Labute approximate surface area is 117 Å². The summed E-state index contributed by atoms with van der Waals surface area (Å²) >= 11 is 0. The molecule has 0 aliphatic rings. The molecular weight excluding hydrogens is 290 g/mol. The Kier molecular flexibility index (Phi) is 5.34. The smallest absolute Gasteiger partial charge is 0.261 e. The van der Waals surface area contributed by atoms with E-state index in [1.807, 2.05) is 0 Å². The minimum Gasteiger partial charge on any atom is -0.383 e. The van der Waals surface area contributed by atoms with Gasteiger partial charge in [0.15, 0.2) is 0 Å². The molecule has 0 saturated carbocycles. The third-order valence-electron chi connectivity index (χ3n) is 2.51. The second-order valence-electron chi connectivity index (χ2n) is 4.25. The van der Waals surface area contributed by atoms with E-state index < -0.39 is 9.05 Å². The van der Waals surface area contributed by atoms with Crippen molar-refractivity contribution < 1.29 is 17.9 Å². The summed E-state index contributed by atoms with van der Waals surface area (Å²) in [4.78, 5) is 11.9. The molecule has 1 N–H and O–H groups in total. The van der Waals surface area contributed by atoms with Crippen LogP contribution >= 0.6 is 10.7 Å². The lowest BCUT2D eigenvalue weighted by molar-refractivity contribution is 0.0905. The van der Waals surface area contributed by atoms with Crippen molar-refractivity contribution in [3.05, 3.63) is 29.3 Å². The van der Waals surface area contributed by atoms with Gasteiger partial charge in [0.05, 0.1) is 11.5 Å². The second-order valence-corrected chi connectivity index (χ2v) is 6.78. The van der Waals surface area contributed by atoms with Crippen molar-refractivity contribution in [2.24, 2.45) is 0 Å². The molecule has 1 aromatic rings. The van der Waals surface area contributed by atoms with Crippen molar-refractivity contribution in [1.82, 2.24) is 5.32 Å². The molecule has 0 aromatic heterocycles. The zero-order chi connectivity index (χ0) is 14.6. The summed E-state index contributed by atoms with van der Waals surface area (Å²) in [5.74, 6) is -0.369. The van der Waals surface area contributed by atoms with E-state index in [4.69, 9.17) is 15.4 Å². The summed E-state index contributed by atoms with van der Waals surface area (Å²) in [6.07, 6.45) is 0. The quantitative estimate of drug-likeness (QED) is 0.840. The average molecular weight is 306 g/mol. The van der Waals surface area contributed by atoms with Crippen LogP contribution in [-0.2, 0) is 13.8 Å². The third kappa shape index (κ3) is 4.49. The molecule has 1 atom stereocenters. The van der Waals surface area contributed by atoms with Crippen LogP contribution in [0.1, 0.15) is 22.8 Å². The first-order valence-corrected chi connectivity index (χ1v) is 7.91. The maximum absolute atomic E-state index is 11.9. The Morgan fingerprint density at radius 3 is 2.63 bits per heavy atom. The highest BCUT2D eigenvalue weighted by Crippen LogP contribution is 2.21. The van der Waals surface area contributed by atoms with Gasteiger partial charge in [0.2, 0.25) is 0 Å². The molecular formula is C12H16ClNO4S. The number of rotatable bonds is 5. The van der Waals surface area contributed by atoms with Gasteiger partial charge in [0.25, 0.3) is 15.0 Å². The SMILES string of the molecule is COCC(C)NC(=O)c1ccc(C)c(S(=O)(=O)Cl)c1. The molecule has 0 aliphatic heterocycles. The van der Waals surface area contributed by atoms with Crippen LogP contribution in [0.2, 0.25) is 0 Å². The first-order chi connectivity index (χ1) is 8.75. The molecule has 1 aromatic carbocycles. The second kappa shape index (κ2) is 6.36. The van der Waals surface area contributed by atoms with Crippen molar-refractivity contribution >= 4 is 25.6 Å².